The molecule has 1 saturated heterocycles. The number of aryl methyl sites for hydroxylation is 1. The summed E-state index contributed by atoms with van der Waals surface area (Å²) in [4.78, 5) is 47.5. The number of methoxy groups -OCH3 is 1. The van der Waals surface area contributed by atoms with Crippen LogP contribution in [0, 0.1) is 6.92 Å². The van der Waals surface area contributed by atoms with E-state index >= 15 is 0 Å². The minimum atomic E-state index is -1.34. The molecule has 4 N–H and O–H groups in total. The van der Waals surface area contributed by atoms with Gasteiger partial charge in [-0.3, -0.25) is 9.80 Å². The number of carbonyl (C=O) groups is 3. The first kappa shape index (κ1) is 33.0. The molecule has 2 aliphatic rings. The van der Waals surface area contributed by atoms with Gasteiger partial charge >= 0.3 is 18.1 Å². The third-order valence-electron chi connectivity index (χ3n) is 8.42. The molecule has 3 amide bonds. The molecule has 14 nitrogen and oxygen atoms in total. The number of amides is 3. The molecule has 47 heavy (non-hydrogen) atoms. The number of nitrogens with zero attached hydrogens (tertiary/aromatic N) is 5. The molecule has 0 spiro atoms. The predicted octanol–water partition coefficient (Wildman–Crippen LogP) is 4.59. The van der Waals surface area contributed by atoms with Crippen molar-refractivity contribution >= 4 is 35.0 Å². The summed E-state index contributed by atoms with van der Waals surface area (Å²) in [5, 5.41) is 29.7. The summed E-state index contributed by atoms with van der Waals surface area (Å²) in [5.41, 5.74) is 2.42. The number of rotatable bonds is 10. The molecule has 1 atom stereocenters. The largest absolute Gasteiger partial charge is 0.495 e. The van der Waals surface area contributed by atoms with Crippen LogP contribution in [0.3, 0.4) is 0 Å². The Labute approximate surface area is 272 Å². The molecule has 5 rings (SSSR count). The number of urea groups is 1. The quantitative estimate of drug-likeness (QED) is 0.227. The fourth-order valence-corrected chi connectivity index (χ4v) is 6.22. The molecule has 2 aliphatic heterocycles. The number of benzene rings is 2. The average molecular weight is 646 g/mol. The molecular formula is C33H39N7O7. The average Bonchev–Trinajstić information content (AvgIpc) is 3.48. The first-order valence-corrected chi connectivity index (χ1v) is 15.3. The summed E-state index contributed by atoms with van der Waals surface area (Å²) >= 11 is 0. The molecule has 0 radical (unpaired) electrons. The lowest BCUT2D eigenvalue weighted by Gasteiger charge is -2.36. The lowest BCUT2D eigenvalue weighted by molar-refractivity contribution is -0.133. The fraction of sp³-hybridized carbons (Fsp3) is 0.364. The highest BCUT2D eigenvalue weighted by molar-refractivity contribution is 5.97. The number of carbonyl (C=O) groups excluding carboxylic acids is 1. The highest BCUT2D eigenvalue weighted by Gasteiger charge is 2.41. The number of aliphatic carboxylic acids is 1. The zero-order chi connectivity index (χ0) is 33.7. The van der Waals surface area contributed by atoms with Crippen LogP contribution in [0.25, 0.3) is 5.57 Å². The van der Waals surface area contributed by atoms with Gasteiger partial charge in [-0.2, -0.15) is 4.98 Å². The summed E-state index contributed by atoms with van der Waals surface area (Å²) < 4.78 is 10.9. The number of anilines is 2. The standard InChI is InChI=1S/C33H39N7O7/c1-20-27(30-35-22(3)37-47-30)29(28(31(41)42)21(2)40(20)33(44)45)23-9-7-10-24(19-23)36-32(43)34-13-8-14-38-15-17-39(18-16-38)25-11-5-6-12-26(25)46-4/h5-7,9-12,19,29H,8,13-18H2,1-4H3,(H,41,42)(H,44,45)(H2,34,36,43). The van der Waals surface area contributed by atoms with E-state index in [0.29, 0.717) is 23.6 Å². The minimum Gasteiger partial charge on any atom is -0.495 e. The predicted molar refractivity (Wildman–Crippen MR) is 174 cm³/mol. The number of hydrogen-bond acceptors (Lipinski definition) is 9. The molecule has 248 valence electrons. The lowest BCUT2D eigenvalue weighted by atomic mass is 9.79. The Balaban J connectivity index is 1.22. The van der Waals surface area contributed by atoms with Gasteiger partial charge in [-0.1, -0.05) is 29.4 Å². The number of allylic oxidation sites excluding steroid dienone is 3. The van der Waals surface area contributed by atoms with Gasteiger partial charge in [-0.15, -0.1) is 0 Å². The lowest BCUT2D eigenvalue weighted by Crippen LogP contribution is -2.47. The van der Waals surface area contributed by atoms with Crippen LogP contribution in [0.4, 0.5) is 21.0 Å². The number of aromatic nitrogens is 2. The summed E-state index contributed by atoms with van der Waals surface area (Å²) in [6.07, 6.45) is -0.569. The Morgan fingerprint density at radius 3 is 2.40 bits per heavy atom. The molecular weight excluding hydrogens is 606 g/mol. The van der Waals surface area contributed by atoms with E-state index in [1.165, 1.54) is 6.92 Å². The second-order valence-electron chi connectivity index (χ2n) is 11.4. The zero-order valence-electron chi connectivity index (χ0n) is 26.8. The fourth-order valence-electron chi connectivity index (χ4n) is 6.22. The van der Waals surface area contributed by atoms with Crippen molar-refractivity contribution in [1.82, 2.24) is 25.3 Å². The number of piperazine rings is 1. The van der Waals surface area contributed by atoms with Gasteiger partial charge in [0.1, 0.15) is 5.75 Å². The Hall–Kier alpha value is -5.37. The van der Waals surface area contributed by atoms with E-state index in [2.05, 4.69) is 36.6 Å². The normalized spacial score (nSPS) is 17.1. The van der Waals surface area contributed by atoms with E-state index in [-0.39, 0.29) is 28.4 Å². The van der Waals surface area contributed by atoms with Gasteiger partial charge in [0.15, 0.2) is 5.82 Å². The summed E-state index contributed by atoms with van der Waals surface area (Å²) in [7, 11) is 1.68. The molecule has 1 aromatic heterocycles. The van der Waals surface area contributed by atoms with E-state index in [1.54, 1.807) is 45.2 Å². The second kappa shape index (κ2) is 14.4. The monoisotopic (exact) mass is 645 g/mol. The molecule has 1 fully saturated rings. The first-order chi connectivity index (χ1) is 22.6. The molecule has 3 heterocycles. The SMILES string of the molecule is COc1ccccc1N1CCN(CCCNC(=O)Nc2cccc(C3C(C(=O)O)=C(C)N(C(=O)O)C(C)=C3c3nc(C)no3)c2)CC1. The molecule has 3 aromatic rings. The maximum Gasteiger partial charge on any atom is 0.415 e. The maximum atomic E-state index is 12.8. The van der Waals surface area contributed by atoms with Crippen LogP contribution in [-0.2, 0) is 4.79 Å². The number of para-hydroxylation sites is 2. The van der Waals surface area contributed by atoms with Crippen molar-refractivity contribution in [2.45, 2.75) is 33.1 Å². The first-order valence-electron chi connectivity index (χ1n) is 15.3. The van der Waals surface area contributed by atoms with Crippen molar-refractivity contribution in [3.63, 3.8) is 0 Å². The van der Waals surface area contributed by atoms with Crippen LogP contribution in [0.1, 0.15) is 43.5 Å². The second-order valence-corrected chi connectivity index (χ2v) is 11.4. The summed E-state index contributed by atoms with van der Waals surface area (Å²) in [6, 6.07) is 14.4. The van der Waals surface area contributed by atoms with Crippen LogP contribution < -0.4 is 20.3 Å². The Morgan fingerprint density at radius 2 is 1.74 bits per heavy atom. The third-order valence-corrected chi connectivity index (χ3v) is 8.42. The Morgan fingerprint density at radius 1 is 1.00 bits per heavy atom. The van der Waals surface area contributed by atoms with Gasteiger partial charge in [-0.05, 0) is 63.6 Å². The highest BCUT2D eigenvalue weighted by Crippen LogP contribution is 2.46. The Kier molecular flexibility index (Phi) is 10.1. The summed E-state index contributed by atoms with van der Waals surface area (Å²) in [6.45, 7) is 9.54. The molecule has 0 saturated carbocycles. The smallest absolute Gasteiger partial charge is 0.415 e. The van der Waals surface area contributed by atoms with E-state index in [0.717, 1.165) is 55.5 Å². The third kappa shape index (κ3) is 7.22. The summed E-state index contributed by atoms with van der Waals surface area (Å²) in [5.74, 6) is -1.05. The molecule has 0 aliphatic carbocycles. The van der Waals surface area contributed by atoms with Crippen LogP contribution in [0.5, 0.6) is 5.75 Å². The molecule has 0 bridgehead atoms. The van der Waals surface area contributed by atoms with Gasteiger partial charge in [0.2, 0.25) is 0 Å². The number of hydrogen-bond donors (Lipinski definition) is 4. The van der Waals surface area contributed by atoms with E-state index < -0.39 is 24.0 Å². The van der Waals surface area contributed by atoms with Gasteiger partial charge in [0.25, 0.3) is 5.89 Å². The topological polar surface area (TPSA) is 174 Å². The molecule has 2 aromatic carbocycles. The van der Waals surface area contributed by atoms with E-state index in [9.17, 15) is 24.6 Å². The Bertz CT molecular complexity index is 1710. The van der Waals surface area contributed by atoms with Crippen LogP contribution in [0.2, 0.25) is 0 Å². The molecule has 14 heteroatoms. The van der Waals surface area contributed by atoms with Crippen molar-refractivity contribution in [1.29, 1.82) is 0 Å². The van der Waals surface area contributed by atoms with Crippen LogP contribution in [-0.4, -0.2) is 94.6 Å². The van der Waals surface area contributed by atoms with Crippen LogP contribution in [0.15, 0.2) is 70.0 Å². The van der Waals surface area contributed by atoms with Crippen molar-refractivity contribution in [2.75, 3.05) is 56.6 Å². The van der Waals surface area contributed by atoms with Crippen molar-refractivity contribution in [2.24, 2.45) is 0 Å². The number of carboxylic acids is 1. The zero-order valence-corrected chi connectivity index (χ0v) is 26.8. The van der Waals surface area contributed by atoms with Gasteiger partial charge in [-0.25, -0.2) is 14.4 Å². The number of carboxylic acid groups (broad SMARTS) is 2. The molecule has 1 unspecified atom stereocenters. The van der Waals surface area contributed by atoms with Gasteiger partial charge < -0.3 is 35.0 Å². The highest BCUT2D eigenvalue weighted by atomic mass is 16.5. The van der Waals surface area contributed by atoms with Crippen molar-refractivity contribution in [3.8, 4) is 5.75 Å². The van der Waals surface area contributed by atoms with Crippen LogP contribution >= 0.6 is 0 Å². The van der Waals surface area contributed by atoms with E-state index in [4.69, 9.17) is 9.26 Å². The van der Waals surface area contributed by atoms with Crippen molar-refractivity contribution < 1.29 is 33.9 Å². The van der Waals surface area contributed by atoms with Crippen molar-refractivity contribution in [3.05, 3.63) is 82.8 Å². The number of nitrogens with one attached hydrogen (secondary N) is 2. The minimum absolute atomic E-state index is 0.0137. The van der Waals surface area contributed by atoms with E-state index in [1.807, 2.05) is 18.2 Å². The van der Waals surface area contributed by atoms with Gasteiger partial charge in [0, 0.05) is 55.4 Å². The van der Waals surface area contributed by atoms with Gasteiger partial charge in [0.05, 0.1) is 24.3 Å². The number of ether oxygens (including phenoxy) is 1. The maximum absolute atomic E-state index is 12.8.